The molecule has 0 heterocycles. The van der Waals surface area contributed by atoms with Gasteiger partial charge in [-0.1, -0.05) is 0 Å². The smallest absolute Gasteiger partial charge is 0.211 e. The normalized spacial score (nSPS) is 7.00. The molecule has 0 amide bonds. The van der Waals surface area contributed by atoms with E-state index in [0.29, 0.717) is 0 Å². The van der Waals surface area contributed by atoms with Crippen molar-refractivity contribution in [3.05, 3.63) is 0 Å². The summed E-state index contributed by atoms with van der Waals surface area (Å²) in [5.41, 5.74) is 0. The molecule has 0 unspecified atom stereocenters. The van der Waals surface area contributed by atoms with Gasteiger partial charge >= 0.3 is 0 Å². The van der Waals surface area contributed by atoms with Crippen molar-refractivity contribution < 1.29 is 4.21 Å². The second-order valence-corrected chi connectivity index (χ2v) is 2.71. The molecule has 0 aliphatic rings. The molecule has 5 heteroatoms. The van der Waals surface area contributed by atoms with Crippen LogP contribution in [0.2, 0.25) is 0 Å². The molecule has 28 valence electrons. The first-order valence-corrected chi connectivity index (χ1v) is 3.28. The molecule has 2 radical (unpaired) electrons. The summed E-state index contributed by atoms with van der Waals surface area (Å²) >= 11 is 0. The van der Waals surface area contributed by atoms with Crippen LogP contribution in [0.1, 0.15) is 0 Å². The average molecular weight is 159 g/mol. The zero-order valence-corrected chi connectivity index (χ0v) is 6.82. The summed E-state index contributed by atoms with van der Waals surface area (Å²) in [6, 6.07) is 0. The molecule has 1 nitrogen and oxygen atoms in total. The molecule has 0 N–H and O–H groups in total. The van der Waals surface area contributed by atoms with Gasteiger partial charge < -0.3 is 0 Å². The van der Waals surface area contributed by atoms with E-state index in [1.54, 1.807) is 0 Å². The molecule has 5 heavy (non-hydrogen) atoms. The summed E-state index contributed by atoms with van der Waals surface area (Å²) < 4.78 is 9.09. The van der Waals surface area contributed by atoms with Gasteiger partial charge in [-0.15, -0.1) is 0 Å². The van der Waals surface area contributed by atoms with Crippen LogP contribution in [0.5, 0.6) is 0 Å². The minimum atomic E-state index is -1.67. The SMILES string of the molecule is O=S(Cl)Cl.[Ca]. The molecule has 0 aromatic heterocycles. The van der Waals surface area contributed by atoms with E-state index in [1.807, 2.05) is 0 Å². The summed E-state index contributed by atoms with van der Waals surface area (Å²) in [4.78, 5) is 0. The van der Waals surface area contributed by atoms with Crippen molar-refractivity contribution in [2.75, 3.05) is 0 Å². The number of rotatable bonds is 0. The second-order valence-electron chi connectivity index (χ2n) is 0.184. The maximum atomic E-state index is 9.09. The molecule has 0 aliphatic heterocycles. The summed E-state index contributed by atoms with van der Waals surface area (Å²) in [7, 11) is 7.36. The quantitative estimate of drug-likeness (QED) is 0.375. The van der Waals surface area contributed by atoms with Crippen molar-refractivity contribution in [3.63, 3.8) is 0 Å². The van der Waals surface area contributed by atoms with Crippen LogP contribution in [0, 0.1) is 0 Å². The molecule has 0 aromatic rings. The van der Waals surface area contributed by atoms with E-state index in [0.717, 1.165) is 0 Å². The first-order valence-electron chi connectivity index (χ1n) is 0.475. The van der Waals surface area contributed by atoms with E-state index in [9.17, 15) is 0 Å². The zero-order chi connectivity index (χ0) is 3.58. The van der Waals surface area contributed by atoms with Gasteiger partial charge in [0.25, 0.3) is 0 Å². The van der Waals surface area contributed by atoms with Gasteiger partial charge in [-0.05, 0) is 0 Å². The number of hydrogen-bond donors (Lipinski definition) is 0. The van der Waals surface area contributed by atoms with Gasteiger partial charge in [0.15, 0.2) is 0 Å². The topological polar surface area (TPSA) is 17.1 Å². The van der Waals surface area contributed by atoms with E-state index >= 15 is 0 Å². The Morgan fingerprint density at radius 2 is 1.40 bits per heavy atom. The maximum Gasteiger partial charge on any atom is 0.211 e. The van der Waals surface area contributed by atoms with E-state index in [2.05, 4.69) is 21.4 Å². The summed E-state index contributed by atoms with van der Waals surface area (Å²) in [5.74, 6) is 0. The van der Waals surface area contributed by atoms with Crippen molar-refractivity contribution in [3.8, 4) is 0 Å². The van der Waals surface area contributed by atoms with E-state index < -0.39 is 9.23 Å². The standard InChI is InChI=1S/Ca.Cl2OS/c;1-4(2)3. The Hall–Kier alpha value is 1.99. The second kappa shape index (κ2) is 5.99. The zero-order valence-electron chi connectivity index (χ0n) is 2.28. The van der Waals surface area contributed by atoms with Crippen molar-refractivity contribution in [2.45, 2.75) is 0 Å². The molecule has 0 spiro atoms. The van der Waals surface area contributed by atoms with Crippen LogP contribution in [0.25, 0.3) is 0 Å². The molecule has 0 aromatic carbocycles. The molecule has 0 saturated carbocycles. The van der Waals surface area contributed by atoms with Crippen molar-refractivity contribution in [1.29, 1.82) is 0 Å². The molecular weight excluding hydrogens is 159 g/mol. The molecule has 0 aliphatic carbocycles. The number of hydrogen-bond acceptors (Lipinski definition) is 1. The fourth-order valence-corrected chi connectivity index (χ4v) is 0. The molecular formula is CaCl2OS. The van der Waals surface area contributed by atoms with Crippen molar-refractivity contribution in [2.24, 2.45) is 0 Å². The molecule has 0 saturated heterocycles. The van der Waals surface area contributed by atoms with Crippen LogP contribution < -0.4 is 0 Å². The third-order valence-corrected chi connectivity index (χ3v) is 0. The predicted octanol–water partition coefficient (Wildman–Crippen LogP) is 0.662. The first kappa shape index (κ1) is 10.1. The summed E-state index contributed by atoms with van der Waals surface area (Å²) in [6.45, 7) is 0. The average Bonchev–Trinajstić information content (AvgIpc) is 0.811. The Morgan fingerprint density at radius 3 is 1.40 bits per heavy atom. The monoisotopic (exact) mass is 158 g/mol. The largest absolute Gasteiger partial charge is 0.225 e. The molecule has 0 atom stereocenters. The fourth-order valence-electron chi connectivity index (χ4n) is 0. The summed E-state index contributed by atoms with van der Waals surface area (Å²) in [6.07, 6.45) is 0. The van der Waals surface area contributed by atoms with Crippen LogP contribution in [0.15, 0.2) is 0 Å². The van der Waals surface area contributed by atoms with Crippen LogP contribution in [-0.4, -0.2) is 41.9 Å². The molecule has 0 fully saturated rings. The Labute approximate surface area is 71.5 Å². The van der Waals surface area contributed by atoms with Gasteiger partial charge in [-0.2, -0.15) is 0 Å². The third-order valence-electron chi connectivity index (χ3n) is 0. The predicted molar refractivity (Wildman–Crippen MR) is 25.6 cm³/mol. The number of halogens is 2. The first-order chi connectivity index (χ1) is 1.73. The van der Waals surface area contributed by atoms with Gasteiger partial charge in [-0.3, -0.25) is 0 Å². The van der Waals surface area contributed by atoms with E-state index in [4.69, 9.17) is 4.21 Å². The van der Waals surface area contributed by atoms with Gasteiger partial charge in [0, 0.05) is 59.1 Å². The van der Waals surface area contributed by atoms with E-state index in [1.165, 1.54) is 0 Å². The van der Waals surface area contributed by atoms with Gasteiger partial charge in [0.1, 0.15) is 0 Å². The Morgan fingerprint density at radius 1 is 1.40 bits per heavy atom. The Kier molecular flexibility index (Phi) is 12.1. The third kappa shape index (κ3) is 24.1. The van der Waals surface area contributed by atoms with E-state index in [-0.39, 0.29) is 37.7 Å². The van der Waals surface area contributed by atoms with Crippen molar-refractivity contribution in [1.82, 2.24) is 0 Å². The maximum absolute atomic E-state index is 9.09. The Bertz CT molecular complexity index is 32.6. The van der Waals surface area contributed by atoms with Crippen LogP contribution in [0.4, 0.5) is 0 Å². The van der Waals surface area contributed by atoms with Crippen LogP contribution in [-0.2, 0) is 9.23 Å². The minimum Gasteiger partial charge on any atom is -0.225 e. The Balaban J connectivity index is 0. The van der Waals surface area contributed by atoms with Gasteiger partial charge in [-0.25, -0.2) is 4.21 Å². The van der Waals surface area contributed by atoms with Gasteiger partial charge in [0.05, 0.1) is 0 Å². The molecule has 0 rings (SSSR count). The van der Waals surface area contributed by atoms with Gasteiger partial charge in [0.2, 0.25) is 9.23 Å². The van der Waals surface area contributed by atoms with Crippen molar-refractivity contribution >= 4 is 68.3 Å². The van der Waals surface area contributed by atoms with Crippen LogP contribution in [0.3, 0.4) is 0 Å². The minimum absolute atomic E-state index is 0. The van der Waals surface area contributed by atoms with Crippen LogP contribution >= 0.6 is 21.4 Å². The fraction of sp³-hybridized carbons (Fsp3) is 0. The molecule has 0 bridgehead atoms. The summed E-state index contributed by atoms with van der Waals surface area (Å²) in [5, 5.41) is 0.